The summed E-state index contributed by atoms with van der Waals surface area (Å²) in [7, 11) is 0. The molecule has 1 aliphatic carbocycles. The van der Waals surface area contributed by atoms with Crippen LogP contribution in [0.4, 0.5) is 0 Å². The van der Waals surface area contributed by atoms with E-state index in [1.807, 2.05) is 23.5 Å². The fourth-order valence-corrected chi connectivity index (χ4v) is 23.8. The summed E-state index contributed by atoms with van der Waals surface area (Å²) in [5, 5.41) is 25.3. The SMILES string of the molecule is c1cc(-c2c3ccccc3c(-c3cccc(-n4c5ccccc5c5ccccc54)c3)c3ccccc23)cc(-c2cccc3c2oc2ccccc23)c1.c1ccc(-c2c3ccccc3c(-c3ccc4c(c3)C(c3ccccc3)(c3ccccc3)c3ccccc3-4)c3ccccc23)cc1.c1ccc2cc(-c3c4ccccc4c(-c4cccc5c4sc4ccccc45)c4ccccc34)ccc2c1. The quantitative estimate of drug-likeness (QED) is 0.125. The molecule has 0 spiro atoms. The maximum absolute atomic E-state index is 6.47. The number of nitrogens with zero attached hydrogens (tertiary/aromatic N) is 1. The predicted octanol–water partition coefficient (Wildman–Crippen LogP) is 36.5. The van der Waals surface area contributed by atoms with Crippen LogP contribution in [-0.2, 0) is 5.41 Å². The van der Waals surface area contributed by atoms with E-state index < -0.39 is 5.41 Å². The molecule has 624 valence electrons. The number of para-hydroxylation sites is 4. The first kappa shape index (κ1) is 78.0. The van der Waals surface area contributed by atoms with E-state index in [2.05, 4.69) is 496 Å². The molecule has 0 saturated heterocycles. The number of thiophene rings is 1. The van der Waals surface area contributed by atoms with E-state index in [1.54, 1.807) is 0 Å². The van der Waals surface area contributed by atoms with Crippen LogP contribution in [0.25, 0.3) is 234 Å². The van der Waals surface area contributed by atoms with E-state index in [1.165, 1.54) is 218 Å². The van der Waals surface area contributed by atoms with Crippen LogP contribution < -0.4 is 0 Å². The highest BCUT2D eigenvalue weighted by atomic mass is 32.1. The molecule has 134 heavy (non-hydrogen) atoms. The van der Waals surface area contributed by atoms with Gasteiger partial charge in [-0.25, -0.2) is 0 Å². The summed E-state index contributed by atoms with van der Waals surface area (Å²) < 4.78 is 11.6. The Hall–Kier alpha value is -17.1. The molecule has 0 amide bonds. The van der Waals surface area contributed by atoms with E-state index >= 15 is 0 Å². The maximum Gasteiger partial charge on any atom is 0.143 e. The lowest BCUT2D eigenvalue weighted by molar-refractivity contribution is 0.670. The second kappa shape index (κ2) is 32.2. The second-order valence-electron chi connectivity index (χ2n) is 35.3. The number of hydrogen-bond acceptors (Lipinski definition) is 2. The first-order valence-corrected chi connectivity index (χ1v) is 47.1. The van der Waals surface area contributed by atoms with Gasteiger partial charge < -0.3 is 8.98 Å². The van der Waals surface area contributed by atoms with E-state index in [0.29, 0.717) is 0 Å². The Kier molecular flexibility index (Phi) is 18.8. The van der Waals surface area contributed by atoms with Gasteiger partial charge in [-0.3, -0.25) is 0 Å². The van der Waals surface area contributed by atoms with Crippen molar-refractivity contribution in [1.29, 1.82) is 0 Å². The Bertz CT molecular complexity index is 9130. The van der Waals surface area contributed by atoms with Crippen molar-refractivity contribution in [2.75, 3.05) is 0 Å². The van der Waals surface area contributed by atoms with Crippen LogP contribution in [0.2, 0.25) is 0 Å². The molecule has 3 heterocycles. The summed E-state index contributed by atoms with van der Waals surface area (Å²) in [5.74, 6) is 0. The van der Waals surface area contributed by atoms with E-state index in [-0.39, 0.29) is 0 Å². The van der Waals surface area contributed by atoms with Crippen molar-refractivity contribution in [2.24, 2.45) is 0 Å². The molecule has 0 atom stereocenters. The molecular formula is C131H83NOS. The Labute approximate surface area is 779 Å². The van der Waals surface area contributed by atoms with Crippen LogP contribution in [0.3, 0.4) is 0 Å². The number of benzene rings is 24. The highest BCUT2D eigenvalue weighted by molar-refractivity contribution is 7.26. The molecule has 0 bridgehead atoms. The van der Waals surface area contributed by atoms with Crippen LogP contribution >= 0.6 is 11.3 Å². The van der Waals surface area contributed by atoms with E-state index in [0.717, 1.165) is 38.8 Å². The smallest absolute Gasteiger partial charge is 0.143 e. The van der Waals surface area contributed by atoms with Gasteiger partial charge in [0.25, 0.3) is 0 Å². The van der Waals surface area contributed by atoms with Gasteiger partial charge in [0, 0.05) is 58.5 Å². The summed E-state index contributed by atoms with van der Waals surface area (Å²) in [6.07, 6.45) is 0. The third-order valence-corrected chi connectivity index (χ3v) is 29.4. The highest BCUT2D eigenvalue weighted by Crippen LogP contribution is 2.59. The molecule has 0 radical (unpaired) electrons. The molecule has 0 saturated carbocycles. The van der Waals surface area contributed by atoms with Crippen molar-refractivity contribution in [3.05, 3.63) is 526 Å². The Morgan fingerprint density at radius 2 is 0.560 bits per heavy atom. The molecule has 24 aromatic carbocycles. The van der Waals surface area contributed by atoms with Crippen LogP contribution in [0.5, 0.6) is 0 Å². The molecule has 27 aromatic rings. The lowest BCUT2D eigenvalue weighted by Crippen LogP contribution is -2.28. The molecule has 1 aliphatic rings. The van der Waals surface area contributed by atoms with Crippen molar-refractivity contribution < 1.29 is 4.42 Å². The number of hydrogen-bond donors (Lipinski definition) is 0. The summed E-state index contributed by atoms with van der Waals surface area (Å²) in [4.78, 5) is 0. The van der Waals surface area contributed by atoms with Crippen molar-refractivity contribution in [2.45, 2.75) is 5.41 Å². The topological polar surface area (TPSA) is 18.1 Å². The fraction of sp³-hybridized carbons (Fsp3) is 0.00763. The lowest BCUT2D eigenvalue weighted by Gasteiger charge is -2.34. The Morgan fingerprint density at radius 3 is 1.13 bits per heavy atom. The zero-order valence-electron chi connectivity index (χ0n) is 73.2. The highest BCUT2D eigenvalue weighted by Gasteiger charge is 2.46. The second-order valence-corrected chi connectivity index (χ2v) is 36.4. The van der Waals surface area contributed by atoms with Crippen LogP contribution in [0.1, 0.15) is 22.3 Å². The first-order valence-electron chi connectivity index (χ1n) is 46.3. The molecule has 0 fully saturated rings. The summed E-state index contributed by atoms with van der Waals surface area (Å²) in [6.45, 7) is 0. The molecule has 0 aliphatic heterocycles. The van der Waals surface area contributed by atoms with Gasteiger partial charge in [-0.1, -0.05) is 449 Å². The van der Waals surface area contributed by atoms with Gasteiger partial charge in [0.15, 0.2) is 0 Å². The molecule has 3 aromatic heterocycles. The number of rotatable bonds is 10. The van der Waals surface area contributed by atoms with Crippen LogP contribution in [0, 0.1) is 0 Å². The van der Waals surface area contributed by atoms with E-state index in [9.17, 15) is 0 Å². The van der Waals surface area contributed by atoms with Gasteiger partial charge in [-0.2, -0.15) is 0 Å². The monoisotopic (exact) mass is 1720 g/mol. The lowest BCUT2D eigenvalue weighted by atomic mass is 9.67. The van der Waals surface area contributed by atoms with Gasteiger partial charge in [0.05, 0.1) is 16.4 Å². The van der Waals surface area contributed by atoms with Crippen molar-refractivity contribution >= 4 is 151 Å². The largest absolute Gasteiger partial charge is 0.455 e. The standard InChI is InChI=1S/C50H31NO.C45H30.C36H22S/c1-3-23-42-40(21-1)48(33-15-11-14-32(30-33)36-25-13-26-44-39-20-7-10-29-47(39)52-50(36)44)41-22-2-4-24-43(41)49(42)34-16-12-17-35(31-34)51-45-27-8-5-18-37(45)38-19-6-9-28-46(38)51;1-4-16-31(17-5-1)43-37-23-10-12-25-39(37)44(40-26-13-11-24-38(40)43)32-28-29-36-35-22-14-15-27-41(35)45(42(36)30-32,33-18-6-2-7-19-33)34-20-8-3-9-21-34;1-2-11-24-22-25(21-20-23(24)10-1)34-27-13-3-5-15-29(27)35(30-16-6-4-14-28(30)34)32-18-9-17-31-26-12-7-8-19-33(26)37-36(31)32/h1-31H;1-30H;1-22H. The molecule has 0 unspecified atom stereocenters. The molecule has 28 rings (SSSR count). The van der Waals surface area contributed by atoms with Crippen LogP contribution in [-0.4, -0.2) is 4.57 Å². The Morgan fingerprint density at radius 1 is 0.194 bits per heavy atom. The summed E-state index contributed by atoms with van der Waals surface area (Å²) in [6, 6.07) is 184. The minimum Gasteiger partial charge on any atom is -0.455 e. The normalized spacial score (nSPS) is 12.2. The first-order chi connectivity index (χ1) is 66.5. The van der Waals surface area contributed by atoms with Gasteiger partial charge in [-0.05, 0) is 230 Å². The minimum absolute atomic E-state index is 0.431. The molecule has 0 N–H and O–H groups in total. The molecule has 2 nitrogen and oxygen atoms in total. The van der Waals surface area contributed by atoms with Crippen molar-refractivity contribution in [3.8, 4) is 94.7 Å². The van der Waals surface area contributed by atoms with E-state index in [4.69, 9.17) is 4.42 Å². The maximum atomic E-state index is 6.47. The van der Waals surface area contributed by atoms with Gasteiger partial charge in [0.1, 0.15) is 11.2 Å². The third kappa shape index (κ3) is 12.5. The average molecular weight is 1720 g/mol. The summed E-state index contributed by atoms with van der Waals surface area (Å²) >= 11 is 1.90. The van der Waals surface area contributed by atoms with Gasteiger partial charge >= 0.3 is 0 Å². The number of fused-ring (bicyclic) bond motifs is 19. The summed E-state index contributed by atoms with van der Waals surface area (Å²) in [5.41, 5.74) is 30.2. The molecular weight excluding hydrogens is 1640 g/mol. The molecule has 3 heteroatoms. The predicted molar refractivity (Wildman–Crippen MR) is 572 cm³/mol. The van der Waals surface area contributed by atoms with Crippen LogP contribution in [0.15, 0.2) is 508 Å². The third-order valence-electron chi connectivity index (χ3n) is 28.2. The number of aromatic nitrogens is 1. The zero-order chi connectivity index (χ0) is 88.3. The minimum atomic E-state index is -0.431. The fourth-order valence-electron chi connectivity index (χ4n) is 22.5. The van der Waals surface area contributed by atoms with Crippen molar-refractivity contribution in [3.63, 3.8) is 0 Å². The van der Waals surface area contributed by atoms with Gasteiger partial charge in [-0.15, -0.1) is 11.3 Å². The van der Waals surface area contributed by atoms with Crippen molar-refractivity contribution in [1.82, 2.24) is 4.57 Å². The zero-order valence-corrected chi connectivity index (χ0v) is 74.0. The number of furan rings is 1. The van der Waals surface area contributed by atoms with Gasteiger partial charge in [0.2, 0.25) is 0 Å². The average Bonchev–Trinajstić information content (AvgIpc) is 1.52. The Balaban J connectivity index is 0.000000106.